The van der Waals surface area contributed by atoms with Crippen LogP contribution in [0.1, 0.15) is 16.7 Å². The summed E-state index contributed by atoms with van der Waals surface area (Å²) in [5.41, 5.74) is 10.7. The molecule has 0 unspecified atom stereocenters. The van der Waals surface area contributed by atoms with E-state index in [-0.39, 0.29) is 0 Å². The highest BCUT2D eigenvalue weighted by atomic mass is 15.1. The average Bonchev–Trinajstić information content (AvgIpc) is 3.56. The predicted molar refractivity (Wildman–Crippen MR) is 173 cm³/mol. The number of para-hydroxylation sites is 4. The average molecular weight is 539 g/mol. The number of rotatable bonds is 3. The molecule has 4 heteroatoms. The van der Waals surface area contributed by atoms with Crippen molar-refractivity contribution in [3.8, 4) is 28.7 Å². The molecule has 0 amide bonds. The van der Waals surface area contributed by atoms with Crippen LogP contribution in [0, 0.1) is 25.2 Å². The van der Waals surface area contributed by atoms with E-state index in [0.29, 0.717) is 5.56 Å². The Morgan fingerprint density at radius 3 is 1.76 bits per heavy atom. The van der Waals surface area contributed by atoms with Gasteiger partial charge in [-0.05, 0) is 60.9 Å². The van der Waals surface area contributed by atoms with Crippen molar-refractivity contribution in [2.75, 3.05) is 0 Å². The fourth-order valence-corrected chi connectivity index (χ4v) is 6.56. The highest BCUT2D eigenvalue weighted by Gasteiger charge is 2.20. The minimum atomic E-state index is 0.639. The van der Waals surface area contributed by atoms with Gasteiger partial charge in [0.25, 0.3) is 0 Å². The van der Waals surface area contributed by atoms with Crippen LogP contribution in [0.5, 0.6) is 0 Å². The summed E-state index contributed by atoms with van der Waals surface area (Å²) in [7, 11) is 0. The van der Waals surface area contributed by atoms with Gasteiger partial charge in [0.2, 0.25) is 0 Å². The number of pyridine rings is 1. The standard InChI is InChI=1S/C38H26N4/c1-24-9-7-13-30-28-11-3-5-15-33(28)41(37(24)30)35-23-40-36(21-32(35)27-19-17-26(22-39)18-20-27)42-34-16-6-4-12-29(34)31-14-8-10-25(2)38(31)42/h3-21,23H,1-2H3. The summed E-state index contributed by atoms with van der Waals surface area (Å²) in [6, 6.07) is 42.4. The van der Waals surface area contributed by atoms with Crippen LogP contribution in [0.25, 0.3) is 66.2 Å². The molecular weight excluding hydrogens is 512 g/mol. The van der Waals surface area contributed by atoms with Gasteiger partial charge in [0.1, 0.15) is 5.82 Å². The van der Waals surface area contributed by atoms with Crippen LogP contribution < -0.4 is 0 Å². The van der Waals surface area contributed by atoms with E-state index in [9.17, 15) is 5.26 Å². The van der Waals surface area contributed by atoms with Gasteiger partial charge in [0.15, 0.2) is 0 Å². The molecule has 0 bridgehead atoms. The number of hydrogen-bond acceptors (Lipinski definition) is 2. The van der Waals surface area contributed by atoms with E-state index in [1.165, 1.54) is 38.2 Å². The second-order valence-corrected chi connectivity index (χ2v) is 10.9. The first-order valence-electron chi connectivity index (χ1n) is 14.1. The summed E-state index contributed by atoms with van der Waals surface area (Å²) in [4.78, 5) is 5.17. The van der Waals surface area contributed by atoms with Crippen molar-refractivity contribution < 1.29 is 0 Å². The van der Waals surface area contributed by atoms with Crippen molar-refractivity contribution in [2.45, 2.75) is 13.8 Å². The summed E-state index contributed by atoms with van der Waals surface area (Å²) in [5.74, 6) is 0.857. The number of benzene rings is 5. The molecular formula is C38H26N4. The molecule has 3 heterocycles. The molecule has 0 fully saturated rings. The lowest BCUT2D eigenvalue weighted by molar-refractivity contribution is 1.05. The molecule has 0 aliphatic carbocycles. The Hall–Kier alpha value is -5.66. The maximum atomic E-state index is 9.50. The summed E-state index contributed by atoms with van der Waals surface area (Å²) in [5, 5.41) is 14.4. The molecule has 0 aliphatic rings. The first-order valence-corrected chi connectivity index (χ1v) is 14.1. The Morgan fingerprint density at radius 2 is 1.14 bits per heavy atom. The Bertz CT molecular complexity index is 2380. The minimum absolute atomic E-state index is 0.639. The van der Waals surface area contributed by atoms with Crippen molar-refractivity contribution in [3.05, 3.63) is 138 Å². The summed E-state index contributed by atoms with van der Waals surface area (Å²) in [6.45, 7) is 4.33. The third-order valence-electron chi connectivity index (χ3n) is 8.46. The van der Waals surface area contributed by atoms with Crippen LogP contribution in [0.2, 0.25) is 0 Å². The zero-order chi connectivity index (χ0) is 28.4. The Kier molecular flexibility index (Phi) is 5.29. The van der Waals surface area contributed by atoms with E-state index in [2.05, 4.69) is 120 Å². The molecule has 42 heavy (non-hydrogen) atoms. The largest absolute Gasteiger partial charge is 0.307 e. The number of hydrogen-bond donors (Lipinski definition) is 0. The lowest BCUT2D eigenvalue weighted by Gasteiger charge is -2.17. The summed E-state index contributed by atoms with van der Waals surface area (Å²) in [6.07, 6.45) is 2.01. The fraction of sp³-hybridized carbons (Fsp3) is 0.0526. The predicted octanol–water partition coefficient (Wildman–Crippen LogP) is 9.43. The maximum Gasteiger partial charge on any atom is 0.138 e. The van der Waals surface area contributed by atoms with Crippen LogP contribution in [0.15, 0.2) is 121 Å². The molecule has 5 aromatic carbocycles. The topological polar surface area (TPSA) is 46.5 Å². The van der Waals surface area contributed by atoms with Crippen LogP contribution >= 0.6 is 0 Å². The van der Waals surface area contributed by atoms with E-state index in [1.807, 2.05) is 30.5 Å². The number of aryl methyl sites for hydroxylation is 2. The summed E-state index contributed by atoms with van der Waals surface area (Å²) < 4.78 is 4.63. The second-order valence-electron chi connectivity index (χ2n) is 10.9. The van der Waals surface area contributed by atoms with Gasteiger partial charge in [-0.15, -0.1) is 0 Å². The van der Waals surface area contributed by atoms with Crippen LogP contribution in [-0.4, -0.2) is 14.1 Å². The van der Waals surface area contributed by atoms with Crippen LogP contribution in [0.4, 0.5) is 0 Å². The van der Waals surface area contributed by atoms with Gasteiger partial charge in [0, 0.05) is 27.1 Å². The minimum Gasteiger partial charge on any atom is -0.307 e. The van der Waals surface area contributed by atoms with Crippen molar-refractivity contribution in [1.29, 1.82) is 5.26 Å². The monoisotopic (exact) mass is 538 g/mol. The molecule has 0 N–H and O–H groups in total. The molecule has 4 nitrogen and oxygen atoms in total. The zero-order valence-electron chi connectivity index (χ0n) is 23.3. The van der Waals surface area contributed by atoms with E-state index in [4.69, 9.17) is 4.98 Å². The van der Waals surface area contributed by atoms with Gasteiger partial charge in [0.05, 0.1) is 45.6 Å². The Morgan fingerprint density at radius 1 is 0.595 bits per heavy atom. The third kappa shape index (κ3) is 3.44. The number of nitrogens with zero attached hydrogens (tertiary/aromatic N) is 4. The molecule has 0 spiro atoms. The first-order chi connectivity index (χ1) is 20.6. The molecule has 0 saturated heterocycles. The highest BCUT2D eigenvalue weighted by molar-refractivity contribution is 6.11. The van der Waals surface area contributed by atoms with Crippen molar-refractivity contribution in [2.24, 2.45) is 0 Å². The zero-order valence-corrected chi connectivity index (χ0v) is 23.3. The Labute approximate surface area is 243 Å². The number of nitriles is 1. The van der Waals surface area contributed by atoms with Gasteiger partial charge in [-0.2, -0.15) is 5.26 Å². The van der Waals surface area contributed by atoms with E-state index in [0.717, 1.165) is 39.2 Å². The van der Waals surface area contributed by atoms with Crippen molar-refractivity contribution in [3.63, 3.8) is 0 Å². The van der Waals surface area contributed by atoms with Crippen LogP contribution in [0.3, 0.4) is 0 Å². The van der Waals surface area contributed by atoms with E-state index < -0.39 is 0 Å². The van der Waals surface area contributed by atoms with E-state index in [1.54, 1.807) is 0 Å². The fourth-order valence-electron chi connectivity index (χ4n) is 6.56. The molecule has 0 saturated carbocycles. The van der Waals surface area contributed by atoms with Gasteiger partial charge in [-0.25, -0.2) is 4.98 Å². The summed E-state index contributed by atoms with van der Waals surface area (Å²) >= 11 is 0. The molecule has 0 radical (unpaired) electrons. The maximum absolute atomic E-state index is 9.50. The van der Waals surface area contributed by atoms with Gasteiger partial charge in [-0.3, -0.25) is 4.57 Å². The lowest BCUT2D eigenvalue weighted by atomic mass is 10.0. The number of fused-ring (bicyclic) bond motifs is 6. The van der Waals surface area contributed by atoms with Gasteiger partial charge < -0.3 is 4.57 Å². The highest BCUT2D eigenvalue weighted by Crippen LogP contribution is 2.39. The molecule has 8 aromatic rings. The number of aromatic nitrogens is 3. The molecule has 198 valence electrons. The SMILES string of the molecule is Cc1cccc2c3ccccc3n(-c3cc(-c4ccc(C#N)cc4)c(-n4c5ccccc5c5cccc(C)c54)cn3)c12. The van der Waals surface area contributed by atoms with Crippen LogP contribution in [-0.2, 0) is 0 Å². The third-order valence-corrected chi connectivity index (χ3v) is 8.46. The smallest absolute Gasteiger partial charge is 0.138 e. The molecule has 3 aromatic heterocycles. The second kappa shape index (κ2) is 9.19. The molecule has 0 atom stereocenters. The van der Waals surface area contributed by atoms with Crippen molar-refractivity contribution in [1.82, 2.24) is 14.1 Å². The first kappa shape index (κ1) is 24.2. The normalized spacial score (nSPS) is 11.5. The Balaban J connectivity index is 1.49. The van der Waals surface area contributed by atoms with E-state index >= 15 is 0 Å². The van der Waals surface area contributed by atoms with Crippen molar-refractivity contribution >= 4 is 43.6 Å². The van der Waals surface area contributed by atoms with Gasteiger partial charge >= 0.3 is 0 Å². The molecule has 0 aliphatic heterocycles. The molecule has 8 rings (SSSR count). The van der Waals surface area contributed by atoms with Gasteiger partial charge in [-0.1, -0.05) is 84.9 Å². The lowest BCUT2D eigenvalue weighted by Crippen LogP contribution is -2.04. The quantitative estimate of drug-likeness (QED) is 0.225.